The van der Waals surface area contributed by atoms with Gasteiger partial charge in [-0.1, -0.05) is 36.0 Å². The summed E-state index contributed by atoms with van der Waals surface area (Å²) in [5, 5.41) is 2.23. The number of hydrogen-bond acceptors (Lipinski definition) is 5. The molecule has 0 aliphatic rings. The molecule has 0 saturated carbocycles. The molecule has 0 unspecified atom stereocenters. The molecule has 3 amide bonds. The Morgan fingerprint density at radius 2 is 1.86 bits per heavy atom. The first-order valence-corrected chi connectivity index (χ1v) is 9.53. The van der Waals surface area contributed by atoms with Crippen LogP contribution in [0.4, 0.5) is 4.79 Å². The number of imide groups is 1. The number of fused-ring (bicyclic) bond motifs is 1. The lowest BCUT2D eigenvalue weighted by Gasteiger charge is -2.18. The molecule has 3 aromatic rings. The average molecular weight is 396 g/mol. The van der Waals surface area contributed by atoms with Crippen molar-refractivity contribution in [2.45, 2.75) is 31.2 Å². The number of rotatable bonds is 4. The second kappa shape index (κ2) is 7.85. The quantitative estimate of drug-likeness (QED) is 0.521. The number of nitrogens with one attached hydrogen (secondary N) is 1. The van der Waals surface area contributed by atoms with Crippen LogP contribution >= 0.6 is 11.8 Å². The maximum atomic E-state index is 13.3. The monoisotopic (exact) mass is 396 g/mol. The van der Waals surface area contributed by atoms with Crippen molar-refractivity contribution in [2.75, 3.05) is 0 Å². The first kappa shape index (κ1) is 19.6. The molecule has 144 valence electrons. The summed E-state index contributed by atoms with van der Waals surface area (Å²) in [4.78, 5) is 41.0. The third kappa shape index (κ3) is 3.77. The summed E-state index contributed by atoms with van der Waals surface area (Å²) in [6, 6.07) is 11.8. The van der Waals surface area contributed by atoms with Gasteiger partial charge in [0.15, 0.2) is 5.16 Å². The van der Waals surface area contributed by atoms with Gasteiger partial charge in [0.05, 0.1) is 21.8 Å². The summed E-state index contributed by atoms with van der Waals surface area (Å²) in [6.07, 6.45) is 0. The number of urea groups is 1. The number of carbonyl (C=O) groups excluding carboxylic acids is 2. The first-order chi connectivity index (χ1) is 13.3. The molecule has 0 fully saturated rings. The van der Waals surface area contributed by atoms with Gasteiger partial charge >= 0.3 is 6.03 Å². The van der Waals surface area contributed by atoms with E-state index in [0.717, 1.165) is 22.9 Å². The Bertz CT molecular complexity index is 1140. The molecule has 0 bridgehead atoms. The molecule has 0 aliphatic heterocycles. The SMILES string of the molecule is Cc1cccc(-n2c(S[C@H](C)C(=O)NC(N)=O)nc3ccccc3c2=O)c1C. The highest BCUT2D eigenvalue weighted by Crippen LogP contribution is 2.27. The number of nitrogens with zero attached hydrogens (tertiary/aromatic N) is 2. The zero-order valence-corrected chi connectivity index (χ0v) is 16.5. The van der Waals surface area contributed by atoms with Gasteiger partial charge in [-0.15, -0.1) is 0 Å². The summed E-state index contributed by atoms with van der Waals surface area (Å²) in [7, 11) is 0. The van der Waals surface area contributed by atoms with E-state index in [1.54, 1.807) is 31.2 Å². The van der Waals surface area contributed by atoms with Gasteiger partial charge in [-0.25, -0.2) is 9.78 Å². The molecule has 3 N–H and O–H groups in total. The zero-order chi connectivity index (χ0) is 20.4. The van der Waals surface area contributed by atoms with Gasteiger partial charge in [0.2, 0.25) is 5.91 Å². The fraction of sp³-hybridized carbons (Fsp3) is 0.200. The third-order valence-corrected chi connectivity index (χ3v) is 5.51. The number of hydrogen-bond donors (Lipinski definition) is 2. The number of benzene rings is 2. The minimum absolute atomic E-state index is 0.218. The average Bonchev–Trinajstić information content (AvgIpc) is 2.64. The molecule has 2 aromatic carbocycles. The Hall–Kier alpha value is -3.13. The molecule has 0 spiro atoms. The Morgan fingerprint density at radius 3 is 2.57 bits per heavy atom. The van der Waals surface area contributed by atoms with Crippen molar-refractivity contribution in [3.8, 4) is 5.69 Å². The van der Waals surface area contributed by atoms with Crippen LogP contribution in [0.25, 0.3) is 16.6 Å². The summed E-state index contributed by atoms with van der Waals surface area (Å²) in [5.41, 5.74) is 8.03. The molecule has 3 rings (SSSR count). The number of amides is 3. The standard InChI is InChI=1S/C20H20N4O3S/c1-11-7-6-10-16(12(11)2)24-18(26)14-8-4-5-9-15(14)22-20(24)28-13(3)17(25)23-19(21)27/h4-10,13H,1-3H3,(H3,21,23,25,27)/t13-/m1/s1. The second-order valence-corrected chi connectivity index (χ2v) is 7.69. The molecule has 0 aliphatic carbocycles. The van der Waals surface area contributed by atoms with E-state index in [2.05, 4.69) is 10.3 Å². The van der Waals surface area contributed by atoms with E-state index < -0.39 is 17.2 Å². The van der Waals surface area contributed by atoms with Crippen molar-refractivity contribution < 1.29 is 9.59 Å². The van der Waals surface area contributed by atoms with Gasteiger partial charge in [0.1, 0.15) is 0 Å². The topological polar surface area (TPSA) is 107 Å². The number of thioether (sulfide) groups is 1. The lowest BCUT2D eigenvalue weighted by molar-refractivity contribution is -0.119. The van der Waals surface area contributed by atoms with Crippen LogP contribution in [-0.4, -0.2) is 26.7 Å². The number of aryl methyl sites for hydroxylation is 1. The molecule has 1 aromatic heterocycles. The molecule has 0 saturated heterocycles. The number of primary amides is 1. The Labute approximate surface area is 166 Å². The second-order valence-electron chi connectivity index (χ2n) is 6.38. The first-order valence-electron chi connectivity index (χ1n) is 8.65. The minimum atomic E-state index is -0.921. The number of nitrogens with two attached hydrogens (primary N) is 1. The molecular weight excluding hydrogens is 376 g/mol. The van der Waals surface area contributed by atoms with E-state index in [1.807, 2.05) is 32.0 Å². The van der Waals surface area contributed by atoms with E-state index in [9.17, 15) is 14.4 Å². The van der Waals surface area contributed by atoms with Crippen molar-refractivity contribution in [3.63, 3.8) is 0 Å². The van der Waals surface area contributed by atoms with Crippen molar-refractivity contribution in [1.82, 2.24) is 14.9 Å². The van der Waals surface area contributed by atoms with Crippen molar-refractivity contribution in [1.29, 1.82) is 0 Å². The largest absolute Gasteiger partial charge is 0.351 e. The van der Waals surface area contributed by atoms with Crippen molar-refractivity contribution in [2.24, 2.45) is 5.73 Å². The van der Waals surface area contributed by atoms with E-state index >= 15 is 0 Å². The van der Waals surface area contributed by atoms with E-state index in [0.29, 0.717) is 21.7 Å². The van der Waals surface area contributed by atoms with Crippen LogP contribution in [0, 0.1) is 13.8 Å². The Morgan fingerprint density at radius 1 is 1.14 bits per heavy atom. The Balaban J connectivity index is 2.20. The van der Waals surface area contributed by atoms with Gasteiger partial charge in [-0.3, -0.25) is 19.5 Å². The van der Waals surface area contributed by atoms with Crippen LogP contribution in [0.3, 0.4) is 0 Å². The van der Waals surface area contributed by atoms with Crippen LogP contribution in [0.15, 0.2) is 52.4 Å². The van der Waals surface area contributed by atoms with E-state index in [-0.39, 0.29) is 5.56 Å². The normalized spacial score (nSPS) is 12.0. The zero-order valence-electron chi connectivity index (χ0n) is 15.7. The lowest BCUT2D eigenvalue weighted by Crippen LogP contribution is -2.39. The van der Waals surface area contributed by atoms with Crippen LogP contribution < -0.4 is 16.6 Å². The highest BCUT2D eigenvalue weighted by molar-refractivity contribution is 8.00. The summed E-state index contributed by atoms with van der Waals surface area (Å²) in [6.45, 7) is 5.52. The van der Waals surface area contributed by atoms with Crippen LogP contribution in [0.2, 0.25) is 0 Å². The maximum absolute atomic E-state index is 13.3. The predicted molar refractivity (Wildman–Crippen MR) is 110 cm³/mol. The third-order valence-electron chi connectivity index (χ3n) is 4.46. The molecule has 28 heavy (non-hydrogen) atoms. The molecule has 7 nitrogen and oxygen atoms in total. The van der Waals surface area contributed by atoms with Gasteiger partial charge in [0.25, 0.3) is 5.56 Å². The minimum Gasteiger partial charge on any atom is -0.351 e. The highest BCUT2D eigenvalue weighted by Gasteiger charge is 2.21. The highest BCUT2D eigenvalue weighted by atomic mass is 32.2. The van der Waals surface area contributed by atoms with Crippen molar-refractivity contribution >= 4 is 34.6 Å². The molecule has 8 heteroatoms. The van der Waals surface area contributed by atoms with Crippen LogP contribution in [0.1, 0.15) is 18.1 Å². The van der Waals surface area contributed by atoms with Gasteiger partial charge in [-0.05, 0) is 50.1 Å². The number of para-hydroxylation sites is 1. The smallest absolute Gasteiger partial charge is 0.318 e. The molecular formula is C20H20N4O3S. The van der Waals surface area contributed by atoms with E-state index in [4.69, 9.17) is 5.73 Å². The fourth-order valence-electron chi connectivity index (χ4n) is 2.82. The lowest BCUT2D eigenvalue weighted by atomic mass is 10.1. The predicted octanol–water partition coefficient (Wildman–Crippen LogP) is 2.68. The maximum Gasteiger partial charge on any atom is 0.318 e. The van der Waals surface area contributed by atoms with Gasteiger partial charge < -0.3 is 5.73 Å². The summed E-state index contributed by atoms with van der Waals surface area (Å²) in [5.74, 6) is -0.549. The van der Waals surface area contributed by atoms with Gasteiger partial charge in [-0.2, -0.15) is 0 Å². The van der Waals surface area contributed by atoms with E-state index in [1.165, 1.54) is 4.57 Å². The van der Waals surface area contributed by atoms with Crippen molar-refractivity contribution in [3.05, 3.63) is 63.9 Å². The molecule has 1 heterocycles. The fourth-order valence-corrected chi connectivity index (χ4v) is 3.74. The molecule has 0 radical (unpaired) electrons. The van der Waals surface area contributed by atoms with Crippen LogP contribution in [-0.2, 0) is 4.79 Å². The number of carbonyl (C=O) groups is 2. The Kier molecular flexibility index (Phi) is 5.51. The van der Waals surface area contributed by atoms with Gasteiger partial charge in [0, 0.05) is 0 Å². The summed E-state index contributed by atoms with van der Waals surface area (Å²) < 4.78 is 1.52. The van der Waals surface area contributed by atoms with Crippen LogP contribution in [0.5, 0.6) is 0 Å². The summed E-state index contributed by atoms with van der Waals surface area (Å²) >= 11 is 1.09. The number of aromatic nitrogens is 2. The molecule has 1 atom stereocenters.